The largest absolute Gasteiger partial charge is 0.310 e. The molecule has 14 aromatic carbocycles. The van der Waals surface area contributed by atoms with Gasteiger partial charge in [-0.25, -0.2) is 0 Å². The number of hydrogen-bond acceptors (Lipinski definition) is 2. The highest BCUT2D eigenvalue weighted by Crippen LogP contribution is 2.66. The lowest BCUT2D eigenvalue weighted by molar-refractivity contribution is 0.778. The van der Waals surface area contributed by atoms with E-state index in [1.807, 2.05) is 0 Å². The average molecular weight is 1200 g/mol. The van der Waals surface area contributed by atoms with E-state index in [-0.39, 0.29) is 0 Å². The van der Waals surface area contributed by atoms with Gasteiger partial charge in [0.1, 0.15) is 0 Å². The summed E-state index contributed by atoms with van der Waals surface area (Å²) in [5.41, 5.74) is 30.2. The summed E-state index contributed by atoms with van der Waals surface area (Å²) in [6.45, 7) is 0. The molecule has 440 valence electrons. The van der Waals surface area contributed by atoms with Crippen molar-refractivity contribution in [3.8, 4) is 22.3 Å². The molecule has 1 unspecified atom stereocenters. The molecule has 0 amide bonds. The normalized spacial score (nSPS) is 16.6. The van der Waals surface area contributed by atoms with E-state index < -0.39 is 10.8 Å². The molecule has 0 saturated carbocycles. The number of hydrogen-bond donors (Lipinski definition) is 0. The molecule has 20 rings (SSSR count). The summed E-state index contributed by atoms with van der Waals surface area (Å²) in [6, 6.07) is 113. The Hall–Kier alpha value is -11.6. The summed E-state index contributed by atoms with van der Waals surface area (Å²) in [6.07, 6.45) is 16.3. The second-order valence-corrected chi connectivity index (χ2v) is 26.5. The van der Waals surface area contributed by atoms with Crippen LogP contribution < -0.4 is 9.80 Å². The second kappa shape index (κ2) is 20.5. The summed E-state index contributed by atoms with van der Waals surface area (Å²) in [5, 5.41) is 9.81. The number of benzene rings is 14. The molecule has 6 aliphatic rings. The minimum absolute atomic E-state index is 0.516. The first-order valence-electron chi connectivity index (χ1n) is 33.4. The molecule has 6 aliphatic carbocycles. The zero-order valence-corrected chi connectivity index (χ0v) is 51.9. The van der Waals surface area contributed by atoms with Crippen LogP contribution in [0.4, 0.5) is 34.1 Å². The highest BCUT2D eigenvalue weighted by Gasteiger charge is 2.54. The molecule has 0 fully saturated rings. The van der Waals surface area contributed by atoms with Crippen molar-refractivity contribution in [2.75, 3.05) is 9.80 Å². The molecule has 0 saturated heterocycles. The van der Waals surface area contributed by atoms with Gasteiger partial charge in [0.05, 0.1) is 10.8 Å². The quantitative estimate of drug-likeness (QED) is 0.150. The van der Waals surface area contributed by atoms with Crippen LogP contribution in [0.1, 0.15) is 75.8 Å². The topological polar surface area (TPSA) is 6.48 Å². The molecule has 0 radical (unpaired) electrons. The summed E-state index contributed by atoms with van der Waals surface area (Å²) in [7, 11) is 0. The van der Waals surface area contributed by atoms with E-state index in [1.165, 1.54) is 143 Å². The minimum Gasteiger partial charge on any atom is -0.310 e. The van der Waals surface area contributed by atoms with Gasteiger partial charge in [0.2, 0.25) is 0 Å². The van der Waals surface area contributed by atoms with Gasteiger partial charge in [-0.1, -0.05) is 249 Å². The summed E-state index contributed by atoms with van der Waals surface area (Å²) in [5.74, 6) is 0. The van der Waals surface area contributed by atoms with Gasteiger partial charge in [-0.05, 0) is 248 Å². The molecule has 94 heavy (non-hydrogen) atoms. The number of fused-ring (bicyclic) bond motifs is 22. The van der Waals surface area contributed by atoms with Crippen LogP contribution in [0, 0.1) is 0 Å². The van der Waals surface area contributed by atoms with Crippen LogP contribution in [-0.2, 0) is 10.8 Å². The molecule has 0 aromatic heterocycles. The lowest BCUT2D eigenvalue weighted by atomic mass is 9.68. The highest BCUT2D eigenvalue weighted by molar-refractivity contribution is 6.02. The van der Waals surface area contributed by atoms with Crippen molar-refractivity contribution in [2.24, 2.45) is 0 Å². The first kappa shape index (κ1) is 53.1. The average Bonchev–Trinajstić information content (AvgIpc) is 1.52. The Morgan fingerprint density at radius 1 is 0.266 bits per heavy atom. The fourth-order valence-electron chi connectivity index (χ4n) is 17.7. The van der Waals surface area contributed by atoms with Crippen LogP contribution in [0.5, 0.6) is 0 Å². The lowest BCUT2D eigenvalue weighted by Crippen LogP contribution is -2.27. The van der Waals surface area contributed by atoms with Crippen LogP contribution >= 0.6 is 0 Å². The third-order valence-electron chi connectivity index (χ3n) is 21.8. The van der Waals surface area contributed by atoms with E-state index in [0.29, 0.717) is 0 Å². The Morgan fingerprint density at radius 3 is 1.15 bits per heavy atom. The summed E-state index contributed by atoms with van der Waals surface area (Å²) >= 11 is 0. The smallest absolute Gasteiger partial charge is 0.0723 e. The van der Waals surface area contributed by atoms with Crippen molar-refractivity contribution < 1.29 is 0 Å². The molecule has 1 atom stereocenters. The van der Waals surface area contributed by atoms with Crippen LogP contribution in [0.15, 0.2) is 338 Å². The van der Waals surface area contributed by atoms with Gasteiger partial charge in [-0.15, -0.1) is 0 Å². The van der Waals surface area contributed by atoms with Crippen LogP contribution in [0.2, 0.25) is 0 Å². The van der Waals surface area contributed by atoms with Gasteiger partial charge in [0.15, 0.2) is 0 Å². The molecule has 2 nitrogen and oxygen atoms in total. The van der Waals surface area contributed by atoms with E-state index in [2.05, 4.69) is 337 Å². The monoisotopic (exact) mass is 1190 g/mol. The maximum Gasteiger partial charge on any atom is 0.0723 e. The predicted octanol–water partition coefficient (Wildman–Crippen LogP) is 24.2. The minimum atomic E-state index is -0.524. The molecule has 2 heteroatoms. The fourth-order valence-corrected chi connectivity index (χ4v) is 17.7. The SMILES string of the molecule is C1=CC2=C(CC1)c1ccccc1C21c2cc(/C=C/C3=CC4=C(CC3)c3ccc(N(c5ccc6ccccc6c5)c5ccc6ccccc6c5)cc3C43c4ccccc4-c4ccccc43)ccc2-c2ccc(N(c3ccc4ccccc4c3)c3ccc4ccccc4c3)cc21. The third kappa shape index (κ3) is 7.65. The Morgan fingerprint density at radius 2 is 0.628 bits per heavy atom. The third-order valence-corrected chi connectivity index (χ3v) is 21.8. The van der Waals surface area contributed by atoms with Crippen LogP contribution in [0.25, 0.3) is 82.6 Å². The Balaban J connectivity index is 0.729. The molecule has 0 N–H and O–H groups in total. The van der Waals surface area contributed by atoms with Crippen molar-refractivity contribution >= 4 is 94.4 Å². The van der Waals surface area contributed by atoms with Crippen LogP contribution in [0.3, 0.4) is 0 Å². The van der Waals surface area contributed by atoms with E-state index in [0.717, 1.165) is 59.8 Å². The molecule has 0 bridgehead atoms. The van der Waals surface area contributed by atoms with E-state index in [1.54, 1.807) is 0 Å². The zero-order chi connectivity index (χ0) is 61.6. The van der Waals surface area contributed by atoms with Crippen molar-refractivity contribution in [3.63, 3.8) is 0 Å². The number of allylic oxidation sites excluding steroid dienone is 9. The zero-order valence-electron chi connectivity index (χ0n) is 51.9. The van der Waals surface area contributed by atoms with E-state index >= 15 is 0 Å². The summed E-state index contributed by atoms with van der Waals surface area (Å²) < 4.78 is 0. The van der Waals surface area contributed by atoms with Gasteiger partial charge in [-0.3, -0.25) is 0 Å². The van der Waals surface area contributed by atoms with Gasteiger partial charge in [-0.2, -0.15) is 0 Å². The molecule has 0 aliphatic heterocycles. The van der Waals surface area contributed by atoms with Gasteiger partial charge >= 0.3 is 0 Å². The van der Waals surface area contributed by atoms with Crippen molar-refractivity contribution in [3.05, 3.63) is 388 Å². The first-order chi connectivity index (χ1) is 46.6. The predicted molar refractivity (Wildman–Crippen MR) is 394 cm³/mol. The molecular formula is C92H62N2. The summed E-state index contributed by atoms with van der Waals surface area (Å²) in [4.78, 5) is 4.97. The Labute approximate surface area is 548 Å². The molecule has 2 spiro atoms. The molecular weight excluding hydrogens is 1130 g/mol. The number of rotatable bonds is 8. The first-order valence-corrected chi connectivity index (χ1v) is 33.4. The standard InChI is InChI=1S/C92H62N2/c1-5-21-65-53-69(41-37-61(65)17-1)93(70-42-38-62-18-2-6-22-66(62)54-70)73-45-49-81-79-47-35-59(51-87(79)91(89(81)57-73)83-29-13-9-25-75(83)76-26-10-14-30-84(76)91)33-34-60-36-48-80-82-50-46-74(58-90(82)92(88(80)52-60)85-31-15-11-27-77(85)78-28-12-16-32-86(78)92)94(71-43-39-63-19-3-7-23-67(63)55-71)72-44-40-64-20-4-8-24-68(64)56-72/h1-11,13-27,29-34,36-46,48-58H,12,28,35,47H2/b34-33+. The second-order valence-electron chi connectivity index (χ2n) is 26.5. The molecule has 14 aromatic rings. The number of anilines is 6. The van der Waals surface area contributed by atoms with Gasteiger partial charge in [0.25, 0.3) is 0 Å². The lowest BCUT2D eigenvalue weighted by Gasteiger charge is -2.34. The maximum atomic E-state index is 2.60. The van der Waals surface area contributed by atoms with Gasteiger partial charge in [0, 0.05) is 34.1 Å². The van der Waals surface area contributed by atoms with Crippen LogP contribution in [-0.4, -0.2) is 0 Å². The Bertz CT molecular complexity index is 5580. The van der Waals surface area contributed by atoms with Crippen molar-refractivity contribution in [1.29, 1.82) is 0 Å². The Kier molecular flexibility index (Phi) is 11.6. The highest BCUT2D eigenvalue weighted by atomic mass is 15.1. The number of nitrogens with zero attached hydrogens (tertiary/aromatic N) is 2. The molecule has 0 heterocycles. The fraction of sp³-hybridized carbons (Fsp3) is 0.0652. The van der Waals surface area contributed by atoms with E-state index in [4.69, 9.17) is 0 Å². The van der Waals surface area contributed by atoms with Crippen molar-refractivity contribution in [2.45, 2.75) is 36.5 Å². The van der Waals surface area contributed by atoms with Crippen molar-refractivity contribution in [1.82, 2.24) is 0 Å². The van der Waals surface area contributed by atoms with Gasteiger partial charge < -0.3 is 9.80 Å². The van der Waals surface area contributed by atoms with E-state index in [9.17, 15) is 0 Å². The maximum absolute atomic E-state index is 2.60.